The Morgan fingerprint density at radius 2 is 1.78 bits per heavy atom. The van der Waals surface area contributed by atoms with Crippen LogP contribution in [0.2, 0.25) is 0 Å². The quantitative estimate of drug-likeness (QED) is 0.753. The van der Waals surface area contributed by atoms with E-state index in [1.165, 1.54) is 11.1 Å². The Bertz CT molecular complexity index is 979. The van der Waals surface area contributed by atoms with Gasteiger partial charge in [-0.05, 0) is 60.6 Å². The van der Waals surface area contributed by atoms with Crippen LogP contribution in [-0.4, -0.2) is 77.4 Å². The Hall–Kier alpha value is -2.41. The highest BCUT2D eigenvalue weighted by Crippen LogP contribution is 2.27. The number of piperidine rings is 1. The molecule has 5 rings (SSSR count). The van der Waals surface area contributed by atoms with Crippen LogP contribution in [0.1, 0.15) is 39.9 Å². The number of carbonyl (C=O) groups excluding carboxylic acids is 1. The van der Waals surface area contributed by atoms with Crippen molar-refractivity contribution in [2.75, 3.05) is 44.2 Å². The van der Waals surface area contributed by atoms with Gasteiger partial charge >= 0.3 is 0 Å². The van der Waals surface area contributed by atoms with Crippen LogP contribution in [0.15, 0.2) is 42.5 Å². The van der Waals surface area contributed by atoms with Gasteiger partial charge in [0.05, 0.1) is 12.2 Å². The first-order chi connectivity index (χ1) is 15.6. The second kappa shape index (κ2) is 9.22. The van der Waals surface area contributed by atoms with Crippen LogP contribution in [0, 0.1) is 0 Å². The van der Waals surface area contributed by atoms with Crippen molar-refractivity contribution in [1.82, 2.24) is 9.80 Å². The maximum absolute atomic E-state index is 13.1. The minimum Gasteiger partial charge on any atom is -0.391 e. The number of hydrogen-bond acceptors (Lipinski definition) is 5. The van der Waals surface area contributed by atoms with Gasteiger partial charge in [0, 0.05) is 57.1 Å². The smallest absolute Gasteiger partial charge is 0.254 e. The maximum Gasteiger partial charge on any atom is 0.254 e. The molecule has 6 heteroatoms. The summed E-state index contributed by atoms with van der Waals surface area (Å²) in [6.07, 6.45) is 2.84. The van der Waals surface area contributed by atoms with Gasteiger partial charge in [-0.15, -0.1) is 0 Å². The maximum atomic E-state index is 13.1. The number of β-amino-alcohol motifs (C(OH)–C–C–N with tert-alkyl or cyclic N) is 2. The molecule has 3 aliphatic heterocycles. The highest BCUT2D eigenvalue weighted by molar-refractivity contribution is 5.97. The molecule has 170 valence electrons. The van der Waals surface area contributed by atoms with Crippen LogP contribution >= 0.6 is 0 Å². The largest absolute Gasteiger partial charge is 0.391 e. The lowest BCUT2D eigenvalue weighted by atomic mass is 9.96. The van der Waals surface area contributed by atoms with Crippen molar-refractivity contribution < 1.29 is 15.0 Å². The molecule has 3 heterocycles. The van der Waals surface area contributed by atoms with Crippen LogP contribution in [0.3, 0.4) is 0 Å². The monoisotopic (exact) mass is 435 g/mol. The first-order valence-corrected chi connectivity index (χ1v) is 11.9. The third-order valence-electron chi connectivity index (χ3n) is 7.13. The second-order valence-corrected chi connectivity index (χ2v) is 9.49. The van der Waals surface area contributed by atoms with Gasteiger partial charge in [0.1, 0.15) is 0 Å². The van der Waals surface area contributed by atoms with Crippen LogP contribution in [0.25, 0.3) is 0 Å². The molecule has 6 nitrogen and oxygen atoms in total. The fourth-order valence-electron chi connectivity index (χ4n) is 5.40. The fraction of sp³-hybridized carbons (Fsp3) is 0.500. The van der Waals surface area contributed by atoms with Crippen LogP contribution in [-0.2, 0) is 19.4 Å². The van der Waals surface area contributed by atoms with Gasteiger partial charge in [-0.1, -0.05) is 24.3 Å². The second-order valence-electron chi connectivity index (χ2n) is 9.49. The normalized spacial score (nSPS) is 22.4. The van der Waals surface area contributed by atoms with Crippen LogP contribution in [0.4, 0.5) is 5.69 Å². The topological polar surface area (TPSA) is 67.2 Å². The van der Waals surface area contributed by atoms with Crippen molar-refractivity contribution in [2.24, 2.45) is 0 Å². The molecule has 2 atom stereocenters. The van der Waals surface area contributed by atoms with Crippen molar-refractivity contribution in [3.63, 3.8) is 0 Å². The number of aliphatic hydroxyl groups excluding tert-OH is 2. The minimum absolute atomic E-state index is 0.0134. The summed E-state index contributed by atoms with van der Waals surface area (Å²) in [6, 6.07) is 14.5. The molecule has 1 saturated heterocycles. The van der Waals surface area contributed by atoms with E-state index in [1.54, 1.807) is 4.90 Å². The molecular formula is C26H33N3O3. The molecule has 1 fully saturated rings. The Morgan fingerprint density at radius 1 is 0.969 bits per heavy atom. The van der Waals surface area contributed by atoms with E-state index in [1.807, 2.05) is 12.1 Å². The summed E-state index contributed by atoms with van der Waals surface area (Å²) in [5.41, 5.74) is 5.65. The molecule has 2 aromatic rings. The van der Waals surface area contributed by atoms with E-state index in [2.05, 4.69) is 40.1 Å². The summed E-state index contributed by atoms with van der Waals surface area (Å²) >= 11 is 0. The average molecular weight is 436 g/mol. The highest BCUT2D eigenvalue weighted by Gasteiger charge is 2.28. The molecule has 0 saturated carbocycles. The van der Waals surface area contributed by atoms with Crippen LogP contribution in [0.5, 0.6) is 0 Å². The summed E-state index contributed by atoms with van der Waals surface area (Å²) in [6.45, 7) is 5.00. The number of anilines is 1. The van der Waals surface area contributed by atoms with Crippen molar-refractivity contribution in [3.05, 3.63) is 64.7 Å². The summed E-state index contributed by atoms with van der Waals surface area (Å²) < 4.78 is 0. The van der Waals surface area contributed by atoms with Gasteiger partial charge in [-0.25, -0.2) is 0 Å². The number of nitrogens with zero attached hydrogens (tertiary/aromatic N) is 3. The zero-order valence-corrected chi connectivity index (χ0v) is 18.6. The fourth-order valence-corrected chi connectivity index (χ4v) is 5.40. The van der Waals surface area contributed by atoms with Crippen molar-refractivity contribution >= 4 is 11.6 Å². The molecule has 32 heavy (non-hydrogen) atoms. The number of rotatable bonds is 5. The Kier molecular flexibility index (Phi) is 6.17. The molecule has 0 bridgehead atoms. The zero-order chi connectivity index (χ0) is 22.1. The Balaban J connectivity index is 1.19. The van der Waals surface area contributed by atoms with Gasteiger partial charge in [-0.3, -0.25) is 9.69 Å². The number of fused-ring (bicyclic) bond motifs is 2. The van der Waals surface area contributed by atoms with E-state index >= 15 is 0 Å². The standard InChI is InChI=1S/C26H33N3O3/c30-23-6-3-11-28(17-23)22-7-8-25-20(14-22)10-13-29(26(25)32)18-24(31)16-27-12-9-19-4-1-2-5-21(19)15-27/h1-2,4-5,7-8,14,23-24,30-31H,3,6,9-13,15-18H2/t23?,24-/m1/s1. The highest BCUT2D eigenvalue weighted by atomic mass is 16.3. The first kappa shape index (κ1) is 21.4. The lowest BCUT2D eigenvalue weighted by molar-refractivity contribution is 0.0493. The third-order valence-corrected chi connectivity index (χ3v) is 7.13. The first-order valence-electron chi connectivity index (χ1n) is 11.9. The van der Waals surface area contributed by atoms with E-state index in [0.29, 0.717) is 26.2 Å². The molecular weight excluding hydrogens is 402 g/mol. The summed E-state index contributed by atoms with van der Waals surface area (Å²) in [5, 5.41) is 20.7. The Morgan fingerprint density at radius 3 is 2.62 bits per heavy atom. The minimum atomic E-state index is -0.556. The van der Waals surface area contributed by atoms with E-state index in [0.717, 1.165) is 62.1 Å². The molecule has 2 N–H and O–H groups in total. The predicted octanol–water partition coefficient (Wildman–Crippen LogP) is 2.07. The van der Waals surface area contributed by atoms with Crippen molar-refractivity contribution in [1.29, 1.82) is 0 Å². The van der Waals surface area contributed by atoms with E-state index in [9.17, 15) is 15.0 Å². The molecule has 3 aliphatic rings. The lowest BCUT2D eigenvalue weighted by Gasteiger charge is -2.35. The number of hydrogen-bond donors (Lipinski definition) is 2. The van der Waals surface area contributed by atoms with Crippen molar-refractivity contribution in [2.45, 2.75) is 44.4 Å². The SMILES string of the molecule is O=C1c2ccc(N3CCCC(O)C3)cc2CCN1C[C@H](O)CN1CCc2ccccc2C1. The zero-order valence-electron chi connectivity index (χ0n) is 18.6. The summed E-state index contributed by atoms with van der Waals surface area (Å²) in [4.78, 5) is 19.4. The van der Waals surface area contributed by atoms with Gasteiger partial charge in [0.2, 0.25) is 0 Å². The van der Waals surface area contributed by atoms with Gasteiger partial charge in [0.25, 0.3) is 5.91 Å². The number of benzene rings is 2. The average Bonchev–Trinajstić information content (AvgIpc) is 2.80. The summed E-state index contributed by atoms with van der Waals surface area (Å²) in [7, 11) is 0. The van der Waals surface area contributed by atoms with Gasteiger partial charge in [0.15, 0.2) is 0 Å². The van der Waals surface area contributed by atoms with E-state index in [-0.39, 0.29) is 12.0 Å². The number of carbonyl (C=O) groups is 1. The molecule has 0 aliphatic carbocycles. The number of aliphatic hydroxyl groups is 2. The lowest BCUT2D eigenvalue weighted by Crippen LogP contribution is -2.46. The summed E-state index contributed by atoms with van der Waals surface area (Å²) in [5.74, 6) is 0.0134. The van der Waals surface area contributed by atoms with Crippen LogP contribution < -0.4 is 4.90 Å². The molecule has 0 radical (unpaired) electrons. The van der Waals surface area contributed by atoms with Gasteiger partial charge in [-0.2, -0.15) is 0 Å². The molecule has 1 unspecified atom stereocenters. The molecule has 2 aromatic carbocycles. The molecule has 1 amide bonds. The molecule has 0 aromatic heterocycles. The van der Waals surface area contributed by atoms with E-state index in [4.69, 9.17) is 0 Å². The van der Waals surface area contributed by atoms with Gasteiger partial charge < -0.3 is 20.0 Å². The number of amides is 1. The van der Waals surface area contributed by atoms with E-state index < -0.39 is 6.10 Å². The Labute approximate surface area is 190 Å². The van der Waals surface area contributed by atoms with Crippen molar-refractivity contribution in [3.8, 4) is 0 Å². The molecule has 0 spiro atoms. The third kappa shape index (κ3) is 4.53. The predicted molar refractivity (Wildman–Crippen MR) is 125 cm³/mol.